The monoisotopic (exact) mass is 530 g/mol. The van der Waals surface area contributed by atoms with Gasteiger partial charge >= 0.3 is 11.9 Å². The van der Waals surface area contributed by atoms with Crippen LogP contribution in [0.15, 0.2) is 45.9 Å². The molecule has 2 atom stereocenters. The number of carbonyl (C=O) groups is 2. The summed E-state index contributed by atoms with van der Waals surface area (Å²) in [4.78, 5) is 42.0. The van der Waals surface area contributed by atoms with Crippen molar-refractivity contribution < 1.29 is 28.9 Å². The number of hydrogen-bond donors (Lipinski definition) is 1. The molecule has 178 valence electrons. The van der Waals surface area contributed by atoms with E-state index < -0.39 is 29.2 Å². The highest BCUT2D eigenvalue weighted by Gasteiger charge is 2.49. The highest BCUT2D eigenvalue weighted by atomic mass is 79.9. The lowest BCUT2D eigenvalue weighted by atomic mass is 9.84. The van der Waals surface area contributed by atoms with Crippen LogP contribution in [0.25, 0.3) is 10.9 Å². The number of aromatic nitrogens is 2. The molecule has 4 rings (SSSR count). The quantitative estimate of drug-likeness (QED) is 0.395. The maximum absolute atomic E-state index is 13.4. The third kappa shape index (κ3) is 4.19. The van der Waals surface area contributed by atoms with Crippen LogP contribution in [0.5, 0.6) is 5.75 Å². The Hall–Kier alpha value is -3.24. The van der Waals surface area contributed by atoms with Crippen LogP contribution >= 0.6 is 15.9 Å². The second-order valence-electron chi connectivity index (χ2n) is 8.01. The van der Waals surface area contributed by atoms with Crippen molar-refractivity contribution in [2.75, 3.05) is 7.11 Å². The summed E-state index contributed by atoms with van der Waals surface area (Å²) in [6.07, 6.45) is -0.0105. The molecule has 0 spiro atoms. The summed E-state index contributed by atoms with van der Waals surface area (Å²) in [7, 11) is 1.58. The normalized spacial score (nSPS) is 19.8. The fourth-order valence-electron chi connectivity index (χ4n) is 4.13. The van der Waals surface area contributed by atoms with E-state index in [1.807, 2.05) is 24.3 Å². The molecule has 0 saturated carbocycles. The zero-order chi connectivity index (χ0) is 24.6. The number of nitrogens with zero attached hydrogens (tertiary/aromatic N) is 2. The summed E-state index contributed by atoms with van der Waals surface area (Å²) in [6.45, 7) is 2.61. The first-order valence-electron chi connectivity index (χ1n) is 10.6. The minimum Gasteiger partial charge on any atom is -0.497 e. The second-order valence-corrected chi connectivity index (χ2v) is 8.76. The van der Waals surface area contributed by atoms with Gasteiger partial charge in [-0.1, -0.05) is 6.92 Å². The van der Waals surface area contributed by atoms with Crippen LogP contribution in [0, 0.1) is 0 Å². The molecule has 0 amide bonds. The second kappa shape index (κ2) is 9.19. The number of hydrogen-bond acceptors (Lipinski definition) is 8. The van der Waals surface area contributed by atoms with Crippen LogP contribution in [-0.4, -0.2) is 39.8 Å². The van der Waals surface area contributed by atoms with E-state index in [0.29, 0.717) is 10.4 Å². The Kier molecular flexibility index (Phi) is 6.46. The number of benzene rings is 1. The molecule has 3 aromatic rings. The van der Waals surface area contributed by atoms with Gasteiger partial charge < -0.3 is 23.9 Å². The zero-order valence-electron chi connectivity index (χ0n) is 18.8. The SMILES string of the molecule is CC[C@]1(O)c2ccn(Cc3cc4cc(OC)ccc4nc3Br)c(=O)c2COC(=O)[C@@H]1OC(C)=O. The van der Waals surface area contributed by atoms with Gasteiger partial charge in [0.25, 0.3) is 5.56 Å². The van der Waals surface area contributed by atoms with Crippen molar-refractivity contribution in [1.29, 1.82) is 0 Å². The Morgan fingerprint density at radius 2 is 2.09 bits per heavy atom. The number of pyridine rings is 2. The Morgan fingerprint density at radius 3 is 2.76 bits per heavy atom. The van der Waals surface area contributed by atoms with Crippen molar-refractivity contribution in [2.24, 2.45) is 0 Å². The largest absolute Gasteiger partial charge is 0.497 e. The van der Waals surface area contributed by atoms with E-state index in [0.717, 1.165) is 23.4 Å². The first-order valence-corrected chi connectivity index (χ1v) is 11.4. The summed E-state index contributed by atoms with van der Waals surface area (Å²) in [5, 5.41) is 12.2. The molecule has 0 radical (unpaired) electrons. The third-order valence-electron chi connectivity index (χ3n) is 5.95. The summed E-state index contributed by atoms with van der Waals surface area (Å²) in [5.41, 5.74) is -0.485. The van der Waals surface area contributed by atoms with E-state index in [9.17, 15) is 19.5 Å². The van der Waals surface area contributed by atoms with Gasteiger partial charge in [-0.05, 0) is 52.7 Å². The fourth-order valence-corrected chi connectivity index (χ4v) is 4.56. The number of cyclic esters (lactones) is 1. The van der Waals surface area contributed by atoms with E-state index in [1.54, 1.807) is 20.1 Å². The van der Waals surface area contributed by atoms with Gasteiger partial charge in [0.1, 0.15) is 22.6 Å². The van der Waals surface area contributed by atoms with Crippen molar-refractivity contribution in [3.05, 3.63) is 68.2 Å². The van der Waals surface area contributed by atoms with Crippen molar-refractivity contribution in [3.63, 3.8) is 0 Å². The first kappa shape index (κ1) is 23.9. The van der Waals surface area contributed by atoms with Gasteiger partial charge in [0.05, 0.1) is 24.7 Å². The average Bonchev–Trinajstić information content (AvgIpc) is 2.91. The summed E-state index contributed by atoms with van der Waals surface area (Å²) in [5.74, 6) is -0.958. The molecule has 0 bridgehead atoms. The van der Waals surface area contributed by atoms with Gasteiger partial charge in [0.2, 0.25) is 6.10 Å². The van der Waals surface area contributed by atoms with Gasteiger partial charge in [-0.2, -0.15) is 0 Å². The number of halogens is 1. The molecule has 1 aromatic carbocycles. The zero-order valence-corrected chi connectivity index (χ0v) is 20.4. The lowest BCUT2D eigenvalue weighted by Crippen LogP contribution is -2.47. The molecule has 2 aromatic heterocycles. The van der Waals surface area contributed by atoms with Crippen LogP contribution in [0.2, 0.25) is 0 Å². The minimum absolute atomic E-state index is 0.0263. The molecule has 1 N–H and O–H groups in total. The molecule has 0 saturated heterocycles. The molecule has 34 heavy (non-hydrogen) atoms. The molecule has 10 heteroatoms. The highest BCUT2D eigenvalue weighted by Crippen LogP contribution is 2.36. The van der Waals surface area contributed by atoms with E-state index in [1.165, 1.54) is 10.8 Å². The minimum atomic E-state index is -1.89. The van der Waals surface area contributed by atoms with Crippen LogP contribution in [0.4, 0.5) is 0 Å². The number of fused-ring (bicyclic) bond motifs is 2. The molecule has 0 fully saturated rings. The van der Waals surface area contributed by atoms with Crippen molar-refractivity contribution in [3.8, 4) is 5.75 Å². The Balaban J connectivity index is 1.78. The van der Waals surface area contributed by atoms with Crippen molar-refractivity contribution >= 4 is 38.8 Å². The topological polar surface area (TPSA) is 117 Å². The summed E-state index contributed by atoms with van der Waals surface area (Å²) < 4.78 is 17.6. The Labute approximate surface area is 203 Å². The number of esters is 2. The lowest BCUT2D eigenvalue weighted by Gasteiger charge is -2.32. The third-order valence-corrected chi connectivity index (χ3v) is 6.64. The highest BCUT2D eigenvalue weighted by molar-refractivity contribution is 9.10. The molecule has 0 unspecified atom stereocenters. The molecule has 3 heterocycles. The van der Waals surface area contributed by atoms with Gasteiger partial charge in [-0.25, -0.2) is 9.78 Å². The fraction of sp³-hybridized carbons (Fsp3) is 0.333. The standard InChI is InChI=1S/C24H23BrN2O7/c1-4-24(31)18-7-8-27(22(29)17(18)12-33-23(30)20(24)34-13(2)28)11-15-9-14-10-16(32-3)5-6-19(14)26-21(15)25/h5-10,20,31H,4,11-12H2,1-3H3/t20-,24-/m0/s1. The average molecular weight is 531 g/mol. The molecular weight excluding hydrogens is 508 g/mol. The van der Waals surface area contributed by atoms with E-state index in [4.69, 9.17) is 14.2 Å². The van der Waals surface area contributed by atoms with Crippen molar-refractivity contribution in [1.82, 2.24) is 9.55 Å². The van der Waals surface area contributed by atoms with Gasteiger partial charge in [0, 0.05) is 29.6 Å². The molecule has 1 aliphatic heterocycles. The van der Waals surface area contributed by atoms with E-state index in [2.05, 4.69) is 20.9 Å². The molecular formula is C24H23BrN2O7. The van der Waals surface area contributed by atoms with Gasteiger partial charge in [-0.3, -0.25) is 9.59 Å². The number of aliphatic hydroxyl groups is 1. The number of rotatable bonds is 5. The van der Waals surface area contributed by atoms with Crippen molar-refractivity contribution in [2.45, 2.75) is 45.1 Å². The van der Waals surface area contributed by atoms with Gasteiger partial charge in [0.15, 0.2) is 0 Å². The lowest BCUT2D eigenvalue weighted by molar-refractivity contribution is -0.186. The van der Waals surface area contributed by atoms with Crippen LogP contribution in [0.1, 0.15) is 37.0 Å². The van der Waals surface area contributed by atoms with Crippen LogP contribution in [-0.2, 0) is 37.8 Å². The van der Waals surface area contributed by atoms with Crippen LogP contribution in [0.3, 0.4) is 0 Å². The number of ether oxygens (including phenoxy) is 3. The molecule has 9 nitrogen and oxygen atoms in total. The number of carbonyl (C=O) groups excluding carboxylic acids is 2. The smallest absolute Gasteiger partial charge is 0.351 e. The predicted octanol–water partition coefficient (Wildman–Crippen LogP) is 2.80. The summed E-state index contributed by atoms with van der Waals surface area (Å²) in [6, 6.07) is 8.98. The number of methoxy groups -OCH3 is 1. The molecule has 0 aliphatic carbocycles. The van der Waals surface area contributed by atoms with E-state index in [-0.39, 0.29) is 30.7 Å². The Bertz CT molecular complexity index is 1350. The van der Waals surface area contributed by atoms with Crippen LogP contribution < -0.4 is 10.3 Å². The predicted molar refractivity (Wildman–Crippen MR) is 125 cm³/mol. The maximum atomic E-state index is 13.4. The summed E-state index contributed by atoms with van der Waals surface area (Å²) >= 11 is 3.47. The molecule has 1 aliphatic rings. The van der Waals surface area contributed by atoms with E-state index >= 15 is 0 Å². The Morgan fingerprint density at radius 1 is 1.32 bits per heavy atom. The maximum Gasteiger partial charge on any atom is 0.351 e. The first-order chi connectivity index (χ1) is 16.2. The van der Waals surface area contributed by atoms with Gasteiger partial charge in [-0.15, -0.1) is 0 Å².